The van der Waals surface area contributed by atoms with E-state index in [-0.39, 0.29) is 24.3 Å². The highest BCUT2D eigenvalue weighted by Crippen LogP contribution is 2.30. The number of thioether (sulfide) groups is 1. The molecule has 0 spiro atoms. The molecule has 2 saturated heterocycles. The third-order valence-electron chi connectivity index (χ3n) is 4.72. The van der Waals surface area contributed by atoms with Crippen molar-refractivity contribution in [1.29, 1.82) is 0 Å². The van der Waals surface area contributed by atoms with Crippen molar-refractivity contribution in [2.24, 2.45) is 0 Å². The number of carbonyl (C=O) groups is 3. The van der Waals surface area contributed by atoms with Gasteiger partial charge in [0.2, 0.25) is 5.91 Å². The Morgan fingerprint density at radius 3 is 2.39 bits per heavy atom. The second-order valence-electron chi connectivity index (χ2n) is 6.38. The molecule has 1 atom stereocenters. The summed E-state index contributed by atoms with van der Waals surface area (Å²) in [7, 11) is 0. The van der Waals surface area contributed by atoms with Gasteiger partial charge in [0, 0.05) is 31.1 Å². The van der Waals surface area contributed by atoms with Gasteiger partial charge < -0.3 is 9.64 Å². The average molecular weight is 413 g/mol. The van der Waals surface area contributed by atoms with Gasteiger partial charge in [-0.25, -0.2) is 9.69 Å². The predicted octanol–water partition coefficient (Wildman–Crippen LogP) is 2.41. The Hall–Kier alpha value is -2.20. The summed E-state index contributed by atoms with van der Waals surface area (Å²) < 4.78 is 29.8. The van der Waals surface area contributed by atoms with E-state index in [2.05, 4.69) is 0 Å². The minimum atomic E-state index is -2.53. The maximum Gasteiger partial charge on any atom is 0.409 e. The zero-order chi connectivity index (χ0) is 20.3. The first kappa shape index (κ1) is 20.5. The number of anilines is 1. The molecular formula is C18H21F2N3O4S. The van der Waals surface area contributed by atoms with Crippen molar-refractivity contribution in [2.75, 3.05) is 37.7 Å². The standard InChI is InChI=1S/C18H21F2N3O4S/c1-2-27-18(26)22-9-7-21(8-10-22)14-11-15(24)23(16(14)25)12-3-5-13(6-4-12)28-17(19)20/h3-6,14,17H,2,7-11H2,1H3/t14-/m0/s1. The maximum atomic E-state index is 12.8. The van der Waals surface area contributed by atoms with Crippen LogP contribution in [0.15, 0.2) is 29.2 Å². The van der Waals surface area contributed by atoms with E-state index >= 15 is 0 Å². The minimum absolute atomic E-state index is 0.0613. The van der Waals surface area contributed by atoms with Gasteiger partial charge in [-0.1, -0.05) is 11.8 Å². The molecule has 0 N–H and O–H groups in total. The van der Waals surface area contributed by atoms with Crippen LogP contribution in [-0.4, -0.2) is 72.3 Å². The molecule has 28 heavy (non-hydrogen) atoms. The molecule has 0 radical (unpaired) electrons. The van der Waals surface area contributed by atoms with Crippen LogP contribution in [0.4, 0.5) is 19.3 Å². The van der Waals surface area contributed by atoms with Crippen LogP contribution in [0.3, 0.4) is 0 Å². The van der Waals surface area contributed by atoms with E-state index in [4.69, 9.17) is 4.74 Å². The number of hydrogen-bond donors (Lipinski definition) is 0. The lowest BCUT2D eigenvalue weighted by Gasteiger charge is -2.36. The van der Waals surface area contributed by atoms with E-state index in [1.807, 2.05) is 4.90 Å². The van der Waals surface area contributed by atoms with Crippen LogP contribution in [0, 0.1) is 0 Å². The van der Waals surface area contributed by atoms with Gasteiger partial charge in [-0.15, -0.1) is 0 Å². The number of amides is 3. The molecule has 0 saturated carbocycles. The fourth-order valence-corrected chi connectivity index (χ4v) is 3.88. The summed E-state index contributed by atoms with van der Waals surface area (Å²) in [6.45, 7) is 3.84. The maximum absolute atomic E-state index is 12.8. The molecule has 0 aromatic heterocycles. The number of ether oxygens (including phenoxy) is 1. The molecule has 0 bridgehead atoms. The number of nitrogens with zero attached hydrogens (tertiary/aromatic N) is 3. The Bertz CT molecular complexity index is 739. The minimum Gasteiger partial charge on any atom is -0.450 e. The molecule has 10 heteroatoms. The highest BCUT2D eigenvalue weighted by atomic mass is 32.2. The van der Waals surface area contributed by atoms with Crippen LogP contribution >= 0.6 is 11.8 Å². The van der Waals surface area contributed by atoms with Gasteiger partial charge in [-0.2, -0.15) is 8.78 Å². The Labute approximate surface area is 165 Å². The molecule has 2 aliphatic rings. The second-order valence-corrected chi connectivity index (χ2v) is 7.45. The van der Waals surface area contributed by atoms with Gasteiger partial charge in [-0.05, 0) is 31.2 Å². The number of halogens is 2. The van der Waals surface area contributed by atoms with Crippen LogP contribution in [0.2, 0.25) is 0 Å². The molecule has 3 amide bonds. The molecule has 2 fully saturated rings. The number of hydrogen-bond acceptors (Lipinski definition) is 6. The van der Waals surface area contributed by atoms with E-state index in [0.29, 0.717) is 55.1 Å². The van der Waals surface area contributed by atoms with Gasteiger partial charge in [0.05, 0.1) is 24.8 Å². The molecule has 2 heterocycles. The fraction of sp³-hybridized carbons (Fsp3) is 0.500. The van der Waals surface area contributed by atoms with Gasteiger partial charge in [-0.3, -0.25) is 14.5 Å². The topological polar surface area (TPSA) is 70.2 Å². The summed E-state index contributed by atoms with van der Waals surface area (Å²) in [4.78, 5) is 42.0. The molecule has 2 aliphatic heterocycles. The third-order valence-corrected chi connectivity index (χ3v) is 5.45. The van der Waals surface area contributed by atoms with E-state index < -0.39 is 11.8 Å². The zero-order valence-electron chi connectivity index (χ0n) is 15.3. The van der Waals surface area contributed by atoms with Crippen molar-refractivity contribution in [3.05, 3.63) is 24.3 Å². The average Bonchev–Trinajstić information content (AvgIpc) is 2.97. The van der Waals surface area contributed by atoms with Crippen molar-refractivity contribution < 1.29 is 27.9 Å². The molecule has 1 aromatic carbocycles. The normalized spacial score (nSPS) is 20.9. The molecule has 7 nitrogen and oxygen atoms in total. The van der Waals surface area contributed by atoms with Crippen molar-refractivity contribution in [3.8, 4) is 0 Å². The van der Waals surface area contributed by atoms with Crippen LogP contribution < -0.4 is 4.90 Å². The van der Waals surface area contributed by atoms with Gasteiger partial charge in [0.15, 0.2) is 0 Å². The lowest BCUT2D eigenvalue weighted by molar-refractivity contribution is -0.123. The summed E-state index contributed by atoms with van der Waals surface area (Å²) in [6.07, 6.45) is -0.314. The predicted molar refractivity (Wildman–Crippen MR) is 99.4 cm³/mol. The number of imide groups is 1. The Morgan fingerprint density at radius 2 is 1.82 bits per heavy atom. The van der Waals surface area contributed by atoms with Crippen LogP contribution in [0.25, 0.3) is 0 Å². The van der Waals surface area contributed by atoms with Crippen molar-refractivity contribution in [1.82, 2.24) is 9.80 Å². The summed E-state index contributed by atoms with van der Waals surface area (Å²) in [5, 5.41) is 0. The number of benzene rings is 1. The molecule has 1 aromatic rings. The van der Waals surface area contributed by atoms with Crippen molar-refractivity contribution in [2.45, 2.75) is 30.0 Å². The Morgan fingerprint density at radius 1 is 1.18 bits per heavy atom. The molecule has 0 unspecified atom stereocenters. The first-order chi connectivity index (χ1) is 13.4. The number of rotatable bonds is 5. The monoisotopic (exact) mass is 413 g/mol. The lowest BCUT2D eigenvalue weighted by Crippen LogP contribution is -2.54. The second kappa shape index (κ2) is 8.87. The number of piperazine rings is 1. The molecule has 3 rings (SSSR count). The van der Waals surface area contributed by atoms with Gasteiger partial charge >= 0.3 is 6.09 Å². The SMILES string of the molecule is CCOC(=O)N1CCN([C@H]2CC(=O)N(c3ccc(SC(F)F)cc3)C2=O)CC1. The number of alkyl halides is 2. The first-order valence-electron chi connectivity index (χ1n) is 8.98. The van der Waals surface area contributed by atoms with Crippen LogP contribution in [0.5, 0.6) is 0 Å². The van der Waals surface area contributed by atoms with E-state index in [0.717, 1.165) is 4.90 Å². The molecular weight excluding hydrogens is 392 g/mol. The fourth-order valence-electron chi connectivity index (χ4n) is 3.38. The number of carbonyl (C=O) groups excluding carboxylic acids is 3. The highest BCUT2D eigenvalue weighted by molar-refractivity contribution is 7.99. The van der Waals surface area contributed by atoms with Crippen LogP contribution in [0.1, 0.15) is 13.3 Å². The highest BCUT2D eigenvalue weighted by Gasteiger charge is 2.43. The van der Waals surface area contributed by atoms with Crippen LogP contribution in [-0.2, 0) is 14.3 Å². The van der Waals surface area contributed by atoms with E-state index in [1.54, 1.807) is 11.8 Å². The largest absolute Gasteiger partial charge is 0.450 e. The van der Waals surface area contributed by atoms with Gasteiger partial charge in [0.25, 0.3) is 11.7 Å². The van der Waals surface area contributed by atoms with Gasteiger partial charge in [0.1, 0.15) is 0 Å². The van der Waals surface area contributed by atoms with Crippen molar-refractivity contribution >= 4 is 35.4 Å². The van der Waals surface area contributed by atoms with E-state index in [1.165, 1.54) is 24.3 Å². The Kier molecular flexibility index (Phi) is 6.50. The summed E-state index contributed by atoms with van der Waals surface area (Å²) in [5.74, 6) is -3.18. The summed E-state index contributed by atoms with van der Waals surface area (Å²) in [5.41, 5.74) is 0.376. The van der Waals surface area contributed by atoms with Crippen molar-refractivity contribution in [3.63, 3.8) is 0 Å². The Balaban J connectivity index is 1.63. The molecule has 0 aliphatic carbocycles. The summed E-state index contributed by atoms with van der Waals surface area (Å²) >= 11 is 0.408. The smallest absolute Gasteiger partial charge is 0.409 e. The zero-order valence-corrected chi connectivity index (χ0v) is 16.2. The van der Waals surface area contributed by atoms with E-state index in [9.17, 15) is 23.2 Å². The lowest BCUT2D eigenvalue weighted by atomic mass is 10.2. The first-order valence-corrected chi connectivity index (χ1v) is 9.86. The summed E-state index contributed by atoms with van der Waals surface area (Å²) in [6, 6.07) is 5.37. The third kappa shape index (κ3) is 4.44. The quantitative estimate of drug-likeness (QED) is 0.546. The molecule has 152 valence electrons.